The van der Waals surface area contributed by atoms with E-state index in [0.717, 1.165) is 28.1 Å². The number of nitriles is 1. The fraction of sp³-hybridized carbons (Fsp3) is 0.238. The van der Waals surface area contributed by atoms with Crippen LogP contribution in [0.2, 0.25) is 5.02 Å². The number of halogens is 1. The van der Waals surface area contributed by atoms with Gasteiger partial charge in [-0.15, -0.1) is 16.4 Å². The minimum Gasteiger partial charge on any atom is -0.487 e. The topological polar surface area (TPSA) is 97.0 Å². The summed E-state index contributed by atoms with van der Waals surface area (Å²) in [5.41, 5.74) is 9.17. The number of aromatic amines is 1. The molecule has 0 aliphatic carbocycles. The van der Waals surface area contributed by atoms with Crippen LogP contribution < -0.4 is 15.2 Å². The molecule has 8 heteroatoms. The number of aromatic nitrogens is 2. The predicted octanol–water partition coefficient (Wildman–Crippen LogP) is 4.79. The molecule has 0 spiro atoms. The molecule has 2 aromatic heterocycles. The van der Waals surface area contributed by atoms with E-state index in [1.54, 1.807) is 17.4 Å². The lowest BCUT2D eigenvalue weighted by Crippen LogP contribution is -2.20. The molecule has 4 rings (SSSR count). The van der Waals surface area contributed by atoms with Gasteiger partial charge in [-0.1, -0.05) is 30.7 Å². The van der Waals surface area contributed by atoms with E-state index in [0.29, 0.717) is 28.8 Å². The minimum atomic E-state index is -0.313. The van der Waals surface area contributed by atoms with Gasteiger partial charge in [-0.25, -0.2) is 0 Å². The molecule has 0 radical (unpaired) electrons. The van der Waals surface area contributed by atoms with Crippen molar-refractivity contribution < 1.29 is 9.47 Å². The molecule has 3 aromatic rings. The second-order valence-electron chi connectivity index (χ2n) is 6.66. The molecule has 0 fully saturated rings. The third-order valence-electron chi connectivity index (χ3n) is 4.87. The van der Waals surface area contributed by atoms with Crippen LogP contribution in [0.25, 0.3) is 0 Å². The maximum atomic E-state index is 9.73. The first-order valence-electron chi connectivity index (χ1n) is 9.14. The van der Waals surface area contributed by atoms with Crippen molar-refractivity contribution in [3.8, 4) is 17.7 Å². The highest BCUT2D eigenvalue weighted by atomic mass is 35.5. The molecule has 6 nitrogen and oxygen atoms in total. The zero-order valence-electron chi connectivity index (χ0n) is 16.0. The standard InChI is InChI=1S/C21H19ClN4O2S/c1-3-16-12(10-27-15-7-5-4-6-14(15)22)8-17(29-16)19-13(9-23)20(24)28-21-18(19)11(2)25-26-21/h4-8,19H,3,10,24H2,1-2H3,(H,25,26)/t19-/m1/s1. The Hall–Kier alpha value is -2.95. The number of fused-ring (bicyclic) bond motifs is 1. The van der Waals surface area contributed by atoms with E-state index in [4.69, 9.17) is 26.8 Å². The number of benzene rings is 1. The lowest BCUT2D eigenvalue weighted by Gasteiger charge is -2.22. The second kappa shape index (κ2) is 7.82. The van der Waals surface area contributed by atoms with Gasteiger partial charge in [-0.2, -0.15) is 5.26 Å². The van der Waals surface area contributed by atoms with Crippen LogP contribution in [0, 0.1) is 18.3 Å². The van der Waals surface area contributed by atoms with Crippen LogP contribution in [0.4, 0.5) is 0 Å². The van der Waals surface area contributed by atoms with Crippen LogP contribution in [0.3, 0.4) is 0 Å². The van der Waals surface area contributed by atoms with Gasteiger partial charge in [-0.3, -0.25) is 5.10 Å². The molecule has 148 valence electrons. The Morgan fingerprint density at radius 3 is 2.93 bits per heavy atom. The number of para-hydroxylation sites is 1. The summed E-state index contributed by atoms with van der Waals surface area (Å²) in [7, 11) is 0. The number of hydrogen-bond acceptors (Lipinski definition) is 6. The Kier molecular flexibility index (Phi) is 5.22. The van der Waals surface area contributed by atoms with Gasteiger partial charge < -0.3 is 15.2 Å². The van der Waals surface area contributed by atoms with Gasteiger partial charge in [0.15, 0.2) is 0 Å². The number of hydrogen-bond donors (Lipinski definition) is 2. The molecular weight excluding hydrogens is 408 g/mol. The highest BCUT2D eigenvalue weighted by Gasteiger charge is 2.35. The zero-order valence-corrected chi connectivity index (χ0v) is 17.5. The summed E-state index contributed by atoms with van der Waals surface area (Å²) in [6.45, 7) is 4.40. The van der Waals surface area contributed by atoms with E-state index in [1.807, 2.05) is 25.1 Å². The van der Waals surface area contributed by atoms with Gasteiger partial charge in [0.05, 0.1) is 16.5 Å². The van der Waals surface area contributed by atoms with E-state index in [1.165, 1.54) is 4.88 Å². The quantitative estimate of drug-likeness (QED) is 0.611. The number of thiophene rings is 1. The fourth-order valence-electron chi connectivity index (χ4n) is 3.45. The van der Waals surface area contributed by atoms with Gasteiger partial charge in [0.1, 0.15) is 24.0 Å². The van der Waals surface area contributed by atoms with Crippen molar-refractivity contribution in [2.24, 2.45) is 5.73 Å². The molecule has 0 unspecified atom stereocenters. The average Bonchev–Trinajstić information content (AvgIpc) is 3.29. The number of nitrogens with one attached hydrogen (secondary N) is 1. The predicted molar refractivity (Wildman–Crippen MR) is 112 cm³/mol. The molecule has 3 N–H and O–H groups in total. The normalized spacial score (nSPS) is 15.6. The summed E-state index contributed by atoms with van der Waals surface area (Å²) in [6, 6.07) is 11.7. The molecule has 0 bridgehead atoms. The van der Waals surface area contributed by atoms with Gasteiger partial charge >= 0.3 is 0 Å². The summed E-state index contributed by atoms with van der Waals surface area (Å²) >= 11 is 7.85. The van der Waals surface area contributed by atoms with E-state index in [2.05, 4.69) is 29.3 Å². The van der Waals surface area contributed by atoms with Crippen molar-refractivity contribution in [2.75, 3.05) is 0 Å². The monoisotopic (exact) mass is 426 g/mol. The van der Waals surface area contributed by atoms with E-state index in [-0.39, 0.29) is 11.8 Å². The fourth-order valence-corrected chi connectivity index (χ4v) is 4.88. The Morgan fingerprint density at radius 1 is 1.41 bits per heavy atom. The maximum Gasteiger partial charge on any atom is 0.244 e. The third kappa shape index (κ3) is 3.46. The number of nitrogens with two attached hydrogens (primary N) is 1. The van der Waals surface area contributed by atoms with Gasteiger partial charge in [-0.05, 0) is 31.5 Å². The van der Waals surface area contributed by atoms with E-state index >= 15 is 0 Å². The second-order valence-corrected chi connectivity index (χ2v) is 8.24. The number of ether oxygens (including phenoxy) is 2. The molecule has 0 amide bonds. The van der Waals surface area contributed by atoms with Crippen LogP contribution >= 0.6 is 22.9 Å². The average molecular weight is 427 g/mol. The lowest BCUT2D eigenvalue weighted by atomic mass is 9.88. The number of allylic oxidation sites excluding steroid dienone is 1. The molecule has 1 aliphatic rings. The molecule has 29 heavy (non-hydrogen) atoms. The smallest absolute Gasteiger partial charge is 0.244 e. The highest BCUT2D eigenvalue weighted by molar-refractivity contribution is 7.12. The number of aryl methyl sites for hydroxylation is 2. The van der Waals surface area contributed by atoms with Crippen LogP contribution in [-0.2, 0) is 13.0 Å². The molecule has 1 aromatic carbocycles. The van der Waals surface area contributed by atoms with Crippen LogP contribution in [0.15, 0.2) is 41.8 Å². The van der Waals surface area contributed by atoms with Crippen LogP contribution in [0.5, 0.6) is 11.6 Å². The summed E-state index contributed by atoms with van der Waals surface area (Å²) < 4.78 is 11.5. The first-order valence-corrected chi connectivity index (χ1v) is 10.3. The lowest BCUT2D eigenvalue weighted by molar-refractivity contribution is 0.306. The summed E-state index contributed by atoms with van der Waals surface area (Å²) in [6.07, 6.45) is 0.855. The van der Waals surface area contributed by atoms with Crippen molar-refractivity contribution in [1.29, 1.82) is 5.26 Å². The summed E-state index contributed by atoms with van der Waals surface area (Å²) in [5.74, 6) is 0.845. The van der Waals surface area contributed by atoms with E-state index < -0.39 is 0 Å². The van der Waals surface area contributed by atoms with Crippen molar-refractivity contribution >= 4 is 22.9 Å². The molecule has 0 saturated carbocycles. The Morgan fingerprint density at radius 2 is 2.21 bits per heavy atom. The van der Waals surface area contributed by atoms with Crippen LogP contribution in [-0.4, -0.2) is 10.2 Å². The first-order chi connectivity index (χ1) is 14.0. The van der Waals surface area contributed by atoms with E-state index in [9.17, 15) is 5.26 Å². The first kappa shape index (κ1) is 19.4. The van der Waals surface area contributed by atoms with Crippen molar-refractivity contribution in [3.05, 3.63) is 73.4 Å². The largest absolute Gasteiger partial charge is 0.487 e. The maximum absolute atomic E-state index is 9.73. The van der Waals surface area contributed by atoms with Crippen LogP contribution in [0.1, 0.15) is 39.4 Å². The summed E-state index contributed by atoms with van der Waals surface area (Å²) in [5, 5.41) is 17.4. The Balaban J connectivity index is 1.72. The van der Waals surface area contributed by atoms with Gasteiger partial charge in [0.25, 0.3) is 0 Å². The molecule has 1 atom stereocenters. The number of H-pyrrole nitrogens is 1. The van der Waals surface area contributed by atoms with Crippen molar-refractivity contribution in [1.82, 2.24) is 10.2 Å². The third-order valence-corrected chi connectivity index (χ3v) is 6.57. The van der Waals surface area contributed by atoms with Crippen molar-refractivity contribution in [2.45, 2.75) is 32.8 Å². The highest BCUT2D eigenvalue weighted by Crippen LogP contribution is 2.45. The number of rotatable bonds is 5. The molecule has 1 aliphatic heterocycles. The van der Waals surface area contributed by atoms with Crippen molar-refractivity contribution in [3.63, 3.8) is 0 Å². The van der Waals surface area contributed by atoms with Gasteiger partial charge in [0, 0.05) is 21.0 Å². The SMILES string of the molecule is CCc1sc([C@H]2C(C#N)=C(N)Oc3n[nH]c(C)c32)cc1COc1ccccc1Cl. The Labute approximate surface area is 177 Å². The Bertz CT molecular complexity index is 1140. The number of nitrogens with zero attached hydrogens (tertiary/aromatic N) is 2. The molecule has 0 saturated heterocycles. The molecular formula is C21H19ClN4O2S. The minimum absolute atomic E-state index is 0.0943. The summed E-state index contributed by atoms with van der Waals surface area (Å²) in [4.78, 5) is 2.20. The zero-order chi connectivity index (χ0) is 20.5. The van der Waals surface area contributed by atoms with Gasteiger partial charge in [0.2, 0.25) is 11.8 Å². The molecule has 3 heterocycles.